The van der Waals surface area contributed by atoms with Crippen molar-refractivity contribution in [1.29, 1.82) is 0 Å². The monoisotopic (exact) mass is 209 g/mol. The third-order valence-electron chi connectivity index (χ3n) is 2.25. The second-order valence-corrected chi connectivity index (χ2v) is 3.46. The van der Waals surface area contributed by atoms with Crippen molar-refractivity contribution in [3.05, 3.63) is 23.8 Å². The van der Waals surface area contributed by atoms with Gasteiger partial charge in [0, 0.05) is 25.9 Å². The van der Waals surface area contributed by atoms with Crippen LogP contribution in [0, 0.1) is 6.92 Å². The van der Waals surface area contributed by atoms with Crippen LogP contribution in [0.5, 0.6) is 5.75 Å². The molecule has 1 aromatic carbocycles. The highest BCUT2D eigenvalue weighted by Crippen LogP contribution is 2.21. The molecule has 0 fully saturated rings. The Balaban J connectivity index is 2.45. The summed E-state index contributed by atoms with van der Waals surface area (Å²) in [5.41, 5.74) is 2.28. The van der Waals surface area contributed by atoms with E-state index in [0.29, 0.717) is 0 Å². The highest BCUT2D eigenvalue weighted by atomic mass is 16.5. The molecule has 0 atom stereocenters. The molecule has 3 nitrogen and oxygen atoms in total. The van der Waals surface area contributed by atoms with E-state index < -0.39 is 0 Å². The molecule has 0 heterocycles. The maximum absolute atomic E-state index is 5.20. The smallest absolute Gasteiger partial charge is 0.121 e. The minimum Gasteiger partial charge on any atom is -0.496 e. The fraction of sp³-hybridized carbons (Fsp3) is 0.500. The van der Waals surface area contributed by atoms with Gasteiger partial charge >= 0.3 is 0 Å². The zero-order valence-electron chi connectivity index (χ0n) is 9.67. The summed E-state index contributed by atoms with van der Waals surface area (Å²) < 4.78 is 10.2. The van der Waals surface area contributed by atoms with Gasteiger partial charge in [-0.25, -0.2) is 0 Å². The highest BCUT2D eigenvalue weighted by molar-refractivity contribution is 5.50. The number of aryl methyl sites for hydroxylation is 1. The Morgan fingerprint density at radius 2 is 2.07 bits per heavy atom. The van der Waals surface area contributed by atoms with Crippen LogP contribution in [0.25, 0.3) is 0 Å². The number of rotatable bonds is 6. The summed E-state index contributed by atoms with van der Waals surface area (Å²) in [6.07, 6.45) is 1.02. The van der Waals surface area contributed by atoms with Crippen molar-refractivity contribution >= 4 is 5.69 Å². The number of methoxy groups -OCH3 is 2. The Labute approximate surface area is 91.4 Å². The first kappa shape index (κ1) is 11.9. The molecule has 0 bridgehead atoms. The fourth-order valence-electron chi connectivity index (χ4n) is 1.44. The molecular weight excluding hydrogens is 190 g/mol. The lowest BCUT2D eigenvalue weighted by Crippen LogP contribution is -2.04. The second-order valence-electron chi connectivity index (χ2n) is 3.46. The summed E-state index contributed by atoms with van der Waals surface area (Å²) >= 11 is 0. The lowest BCUT2D eigenvalue weighted by molar-refractivity contribution is 0.198. The van der Waals surface area contributed by atoms with Gasteiger partial charge in [0.25, 0.3) is 0 Å². The molecule has 3 heteroatoms. The average Bonchev–Trinajstić information content (AvgIpc) is 2.25. The molecule has 1 rings (SSSR count). The summed E-state index contributed by atoms with van der Waals surface area (Å²) in [5.74, 6) is 0.928. The number of benzene rings is 1. The lowest BCUT2D eigenvalue weighted by atomic mass is 10.2. The number of ether oxygens (including phenoxy) is 2. The first-order valence-corrected chi connectivity index (χ1v) is 5.15. The second kappa shape index (κ2) is 6.30. The molecular formula is C12H19NO2. The van der Waals surface area contributed by atoms with Crippen LogP contribution >= 0.6 is 0 Å². The highest BCUT2D eigenvalue weighted by Gasteiger charge is 1.98. The van der Waals surface area contributed by atoms with Crippen LogP contribution in [0.1, 0.15) is 12.0 Å². The summed E-state index contributed by atoms with van der Waals surface area (Å²) in [7, 11) is 3.41. The molecule has 84 valence electrons. The standard InChI is InChI=1S/C12H19NO2/c1-10-9-11(5-6-12(10)15-3)13-7-4-8-14-2/h5-6,9,13H,4,7-8H2,1-3H3. The van der Waals surface area contributed by atoms with Gasteiger partial charge in [0.2, 0.25) is 0 Å². The van der Waals surface area contributed by atoms with Crippen molar-refractivity contribution in [3.63, 3.8) is 0 Å². The Morgan fingerprint density at radius 1 is 1.27 bits per heavy atom. The molecule has 0 unspecified atom stereocenters. The molecule has 15 heavy (non-hydrogen) atoms. The molecule has 0 radical (unpaired) electrons. The Kier molecular flexibility index (Phi) is 4.98. The fourth-order valence-corrected chi connectivity index (χ4v) is 1.44. The molecule has 0 aromatic heterocycles. The van der Waals surface area contributed by atoms with E-state index in [1.807, 2.05) is 19.1 Å². The van der Waals surface area contributed by atoms with E-state index in [2.05, 4.69) is 11.4 Å². The van der Waals surface area contributed by atoms with Gasteiger partial charge in [-0.05, 0) is 37.1 Å². The normalized spacial score (nSPS) is 10.1. The van der Waals surface area contributed by atoms with Crippen LogP contribution in [-0.4, -0.2) is 27.4 Å². The number of hydrogen-bond donors (Lipinski definition) is 1. The summed E-state index contributed by atoms with van der Waals surface area (Å²) in [6.45, 7) is 3.76. The number of anilines is 1. The van der Waals surface area contributed by atoms with E-state index in [-0.39, 0.29) is 0 Å². The van der Waals surface area contributed by atoms with Crippen LogP contribution < -0.4 is 10.1 Å². The van der Waals surface area contributed by atoms with Gasteiger partial charge in [-0.3, -0.25) is 0 Å². The van der Waals surface area contributed by atoms with Crippen LogP contribution in [0.3, 0.4) is 0 Å². The quantitative estimate of drug-likeness (QED) is 0.730. The van der Waals surface area contributed by atoms with E-state index in [1.165, 1.54) is 0 Å². The van der Waals surface area contributed by atoms with Crippen molar-refractivity contribution in [2.75, 3.05) is 32.7 Å². The largest absolute Gasteiger partial charge is 0.496 e. The summed E-state index contributed by atoms with van der Waals surface area (Å²) in [6, 6.07) is 6.10. The van der Waals surface area contributed by atoms with Crippen molar-refractivity contribution < 1.29 is 9.47 Å². The van der Waals surface area contributed by atoms with Crippen LogP contribution in [0.15, 0.2) is 18.2 Å². The summed E-state index contributed by atoms with van der Waals surface area (Å²) in [5, 5.41) is 3.34. The van der Waals surface area contributed by atoms with E-state index in [9.17, 15) is 0 Å². The van der Waals surface area contributed by atoms with Crippen LogP contribution in [0.2, 0.25) is 0 Å². The Hall–Kier alpha value is -1.22. The van der Waals surface area contributed by atoms with Crippen molar-refractivity contribution in [1.82, 2.24) is 0 Å². The minimum atomic E-state index is 0.794. The number of nitrogens with one attached hydrogen (secondary N) is 1. The van der Waals surface area contributed by atoms with Crippen LogP contribution in [0.4, 0.5) is 5.69 Å². The molecule has 0 saturated heterocycles. The number of hydrogen-bond acceptors (Lipinski definition) is 3. The van der Waals surface area contributed by atoms with Crippen LogP contribution in [-0.2, 0) is 4.74 Å². The zero-order valence-corrected chi connectivity index (χ0v) is 9.67. The molecule has 0 amide bonds. The van der Waals surface area contributed by atoms with Crippen molar-refractivity contribution in [2.45, 2.75) is 13.3 Å². The van der Waals surface area contributed by atoms with Gasteiger partial charge in [0.05, 0.1) is 7.11 Å². The molecule has 0 aliphatic heterocycles. The molecule has 1 aromatic rings. The van der Waals surface area contributed by atoms with E-state index in [4.69, 9.17) is 9.47 Å². The molecule has 0 saturated carbocycles. The predicted molar refractivity (Wildman–Crippen MR) is 62.7 cm³/mol. The molecule has 1 N–H and O–H groups in total. The van der Waals surface area contributed by atoms with Gasteiger partial charge in [0.1, 0.15) is 5.75 Å². The average molecular weight is 209 g/mol. The van der Waals surface area contributed by atoms with Crippen molar-refractivity contribution in [3.8, 4) is 5.75 Å². The maximum atomic E-state index is 5.20. The van der Waals surface area contributed by atoms with E-state index in [1.54, 1.807) is 14.2 Å². The third kappa shape index (κ3) is 3.80. The van der Waals surface area contributed by atoms with Gasteiger partial charge in [0.15, 0.2) is 0 Å². The van der Waals surface area contributed by atoms with Gasteiger partial charge in [-0.2, -0.15) is 0 Å². The van der Waals surface area contributed by atoms with Gasteiger partial charge in [-0.1, -0.05) is 0 Å². The van der Waals surface area contributed by atoms with Crippen molar-refractivity contribution in [2.24, 2.45) is 0 Å². The first-order chi connectivity index (χ1) is 7.27. The summed E-state index contributed by atoms with van der Waals surface area (Å²) in [4.78, 5) is 0. The SMILES string of the molecule is COCCCNc1ccc(OC)c(C)c1. The Bertz CT molecular complexity index is 300. The maximum Gasteiger partial charge on any atom is 0.121 e. The third-order valence-corrected chi connectivity index (χ3v) is 2.25. The van der Waals surface area contributed by atoms with Gasteiger partial charge < -0.3 is 14.8 Å². The lowest BCUT2D eigenvalue weighted by Gasteiger charge is -2.09. The molecule has 0 aliphatic carbocycles. The van der Waals surface area contributed by atoms with E-state index in [0.717, 1.165) is 36.6 Å². The van der Waals surface area contributed by atoms with E-state index >= 15 is 0 Å². The molecule has 0 aliphatic rings. The minimum absolute atomic E-state index is 0.794. The predicted octanol–water partition coefficient (Wildman–Crippen LogP) is 2.45. The first-order valence-electron chi connectivity index (χ1n) is 5.15. The van der Waals surface area contributed by atoms with Gasteiger partial charge in [-0.15, -0.1) is 0 Å². The Morgan fingerprint density at radius 3 is 2.67 bits per heavy atom. The zero-order chi connectivity index (χ0) is 11.1. The topological polar surface area (TPSA) is 30.5 Å². The molecule has 0 spiro atoms.